The molecule has 1 rings (SSSR count). The van der Waals surface area contributed by atoms with Crippen molar-refractivity contribution < 1.29 is 9.72 Å². The SMILES string of the molecule is CCNc1ccc(C(=O)NCCN(C)C)cc1[N+](=O)[O-]. The number of nitrogens with zero attached hydrogens (tertiary/aromatic N) is 2. The summed E-state index contributed by atoms with van der Waals surface area (Å²) in [5.41, 5.74) is 0.617. The van der Waals surface area contributed by atoms with E-state index in [1.54, 1.807) is 12.1 Å². The first-order valence-corrected chi connectivity index (χ1v) is 6.41. The lowest BCUT2D eigenvalue weighted by molar-refractivity contribution is -0.384. The third kappa shape index (κ3) is 4.51. The van der Waals surface area contributed by atoms with Gasteiger partial charge in [-0.15, -0.1) is 0 Å². The Morgan fingerprint density at radius 1 is 1.40 bits per heavy atom. The first-order valence-electron chi connectivity index (χ1n) is 6.41. The number of likely N-dealkylation sites (N-methyl/N-ethyl adjacent to an activating group) is 1. The molecule has 0 saturated heterocycles. The maximum Gasteiger partial charge on any atom is 0.293 e. The molecule has 7 nitrogen and oxygen atoms in total. The van der Waals surface area contributed by atoms with E-state index in [4.69, 9.17) is 0 Å². The number of carbonyl (C=O) groups excluding carboxylic acids is 1. The zero-order valence-corrected chi connectivity index (χ0v) is 12.0. The molecular formula is C13H20N4O3. The first-order chi connectivity index (χ1) is 9.45. The molecule has 0 aliphatic rings. The van der Waals surface area contributed by atoms with E-state index >= 15 is 0 Å². The quantitative estimate of drug-likeness (QED) is 0.581. The van der Waals surface area contributed by atoms with Crippen LogP contribution >= 0.6 is 0 Å². The monoisotopic (exact) mass is 280 g/mol. The lowest BCUT2D eigenvalue weighted by Crippen LogP contribution is -2.31. The minimum absolute atomic E-state index is 0.0906. The summed E-state index contributed by atoms with van der Waals surface area (Å²) in [7, 11) is 3.81. The van der Waals surface area contributed by atoms with Gasteiger partial charge in [0.1, 0.15) is 5.69 Å². The number of hydrogen-bond acceptors (Lipinski definition) is 5. The molecule has 0 unspecified atom stereocenters. The van der Waals surface area contributed by atoms with Gasteiger partial charge in [-0.05, 0) is 33.2 Å². The summed E-state index contributed by atoms with van der Waals surface area (Å²) in [6, 6.07) is 4.43. The zero-order chi connectivity index (χ0) is 15.1. The van der Waals surface area contributed by atoms with Gasteiger partial charge in [0.15, 0.2) is 0 Å². The first kappa shape index (κ1) is 15.9. The summed E-state index contributed by atoms with van der Waals surface area (Å²) in [4.78, 5) is 24.3. The predicted octanol–water partition coefficient (Wildman–Crippen LogP) is 1.32. The Labute approximate surface area is 118 Å². The van der Waals surface area contributed by atoms with Gasteiger partial charge in [-0.3, -0.25) is 14.9 Å². The van der Waals surface area contributed by atoms with Gasteiger partial charge in [0.05, 0.1) is 4.92 Å². The fraction of sp³-hybridized carbons (Fsp3) is 0.462. The van der Waals surface area contributed by atoms with E-state index in [0.717, 1.165) is 0 Å². The number of nitro groups is 1. The van der Waals surface area contributed by atoms with Crippen LogP contribution in [0.5, 0.6) is 0 Å². The molecule has 0 radical (unpaired) electrons. The molecule has 7 heteroatoms. The molecule has 1 aromatic carbocycles. The van der Waals surface area contributed by atoms with Gasteiger partial charge in [0, 0.05) is 31.3 Å². The van der Waals surface area contributed by atoms with Crippen LogP contribution in [0.2, 0.25) is 0 Å². The van der Waals surface area contributed by atoms with Gasteiger partial charge in [0.25, 0.3) is 11.6 Å². The summed E-state index contributed by atoms with van der Waals surface area (Å²) in [5.74, 6) is -0.307. The van der Waals surface area contributed by atoms with Crippen LogP contribution in [0.15, 0.2) is 18.2 Å². The predicted molar refractivity (Wildman–Crippen MR) is 78.1 cm³/mol. The van der Waals surface area contributed by atoms with E-state index in [0.29, 0.717) is 25.3 Å². The van der Waals surface area contributed by atoms with Crippen LogP contribution in [0.1, 0.15) is 17.3 Å². The highest BCUT2D eigenvalue weighted by molar-refractivity contribution is 5.95. The van der Waals surface area contributed by atoms with Gasteiger partial charge in [-0.25, -0.2) is 0 Å². The molecule has 0 aromatic heterocycles. The van der Waals surface area contributed by atoms with Crippen LogP contribution in [0.4, 0.5) is 11.4 Å². The second-order valence-electron chi connectivity index (χ2n) is 4.58. The number of carbonyl (C=O) groups is 1. The van der Waals surface area contributed by atoms with Crippen molar-refractivity contribution in [1.29, 1.82) is 0 Å². The van der Waals surface area contributed by atoms with Crippen molar-refractivity contribution in [1.82, 2.24) is 10.2 Å². The Morgan fingerprint density at radius 2 is 2.10 bits per heavy atom. The number of benzene rings is 1. The van der Waals surface area contributed by atoms with E-state index < -0.39 is 4.92 Å². The fourth-order valence-electron chi connectivity index (χ4n) is 1.66. The van der Waals surface area contributed by atoms with Crippen molar-refractivity contribution in [3.8, 4) is 0 Å². The van der Waals surface area contributed by atoms with Gasteiger partial charge >= 0.3 is 0 Å². The highest BCUT2D eigenvalue weighted by atomic mass is 16.6. The van der Waals surface area contributed by atoms with Gasteiger partial charge < -0.3 is 15.5 Å². The minimum atomic E-state index is -0.491. The van der Waals surface area contributed by atoms with Crippen LogP contribution < -0.4 is 10.6 Å². The Balaban J connectivity index is 2.83. The normalized spacial score (nSPS) is 10.4. The number of hydrogen-bond donors (Lipinski definition) is 2. The topological polar surface area (TPSA) is 87.5 Å². The zero-order valence-electron chi connectivity index (χ0n) is 12.0. The van der Waals surface area contributed by atoms with Crippen LogP contribution in [-0.4, -0.2) is 49.5 Å². The number of rotatable bonds is 7. The van der Waals surface area contributed by atoms with Crippen molar-refractivity contribution in [3.05, 3.63) is 33.9 Å². The Bertz CT molecular complexity index is 489. The van der Waals surface area contributed by atoms with Crippen molar-refractivity contribution in [2.45, 2.75) is 6.92 Å². The molecule has 0 heterocycles. The molecule has 0 atom stereocenters. The van der Waals surface area contributed by atoms with Crippen LogP contribution in [0, 0.1) is 10.1 Å². The number of nitrogens with one attached hydrogen (secondary N) is 2. The fourth-order valence-corrected chi connectivity index (χ4v) is 1.66. The number of nitro benzene ring substituents is 1. The molecule has 2 N–H and O–H groups in total. The molecule has 0 spiro atoms. The molecule has 0 saturated carbocycles. The second-order valence-corrected chi connectivity index (χ2v) is 4.58. The minimum Gasteiger partial charge on any atom is -0.380 e. The Kier molecular flexibility index (Phi) is 5.92. The van der Waals surface area contributed by atoms with E-state index in [9.17, 15) is 14.9 Å². The third-order valence-electron chi connectivity index (χ3n) is 2.67. The van der Waals surface area contributed by atoms with Gasteiger partial charge in [0.2, 0.25) is 0 Å². The second kappa shape index (κ2) is 7.44. The van der Waals surface area contributed by atoms with Crippen molar-refractivity contribution in [2.24, 2.45) is 0 Å². The number of amides is 1. The molecule has 20 heavy (non-hydrogen) atoms. The molecule has 1 aromatic rings. The van der Waals surface area contributed by atoms with E-state index in [-0.39, 0.29) is 17.2 Å². The molecule has 0 aliphatic heterocycles. The summed E-state index contributed by atoms with van der Waals surface area (Å²) >= 11 is 0. The highest BCUT2D eigenvalue weighted by Gasteiger charge is 2.16. The van der Waals surface area contributed by atoms with Gasteiger partial charge in [-0.1, -0.05) is 0 Å². The summed E-state index contributed by atoms with van der Waals surface area (Å²) < 4.78 is 0. The van der Waals surface area contributed by atoms with Crippen LogP contribution in [-0.2, 0) is 0 Å². The standard InChI is InChI=1S/C13H20N4O3/c1-4-14-11-6-5-10(9-12(11)17(19)20)13(18)15-7-8-16(2)3/h5-6,9,14H,4,7-8H2,1-3H3,(H,15,18). The Morgan fingerprint density at radius 3 is 2.65 bits per heavy atom. The number of anilines is 1. The van der Waals surface area contributed by atoms with Crippen molar-refractivity contribution in [2.75, 3.05) is 39.0 Å². The van der Waals surface area contributed by atoms with Crippen LogP contribution in [0.25, 0.3) is 0 Å². The van der Waals surface area contributed by atoms with E-state index in [2.05, 4.69) is 10.6 Å². The van der Waals surface area contributed by atoms with Gasteiger partial charge in [-0.2, -0.15) is 0 Å². The maximum absolute atomic E-state index is 11.9. The molecule has 0 aliphatic carbocycles. The lowest BCUT2D eigenvalue weighted by Gasteiger charge is -2.11. The maximum atomic E-state index is 11.9. The smallest absolute Gasteiger partial charge is 0.293 e. The molecular weight excluding hydrogens is 260 g/mol. The largest absolute Gasteiger partial charge is 0.380 e. The summed E-state index contributed by atoms with van der Waals surface area (Å²) in [5, 5.41) is 16.6. The van der Waals surface area contributed by atoms with E-state index in [1.807, 2.05) is 25.9 Å². The third-order valence-corrected chi connectivity index (χ3v) is 2.67. The molecule has 0 fully saturated rings. The highest BCUT2D eigenvalue weighted by Crippen LogP contribution is 2.25. The average Bonchev–Trinajstić information content (AvgIpc) is 2.38. The average molecular weight is 280 g/mol. The van der Waals surface area contributed by atoms with E-state index in [1.165, 1.54) is 6.07 Å². The molecule has 110 valence electrons. The molecule has 1 amide bonds. The molecule has 0 bridgehead atoms. The van der Waals surface area contributed by atoms with Crippen molar-refractivity contribution in [3.63, 3.8) is 0 Å². The lowest BCUT2D eigenvalue weighted by atomic mass is 10.1. The Hall–Kier alpha value is -2.15. The van der Waals surface area contributed by atoms with Crippen molar-refractivity contribution >= 4 is 17.3 Å². The summed E-state index contributed by atoms with van der Waals surface area (Å²) in [6.07, 6.45) is 0. The van der Waals surface area contributed by atoms with Crippen LogP contribution in [0.3, 0.4) is 0 Å². The summed E-state index contributed by atoms with van der Waals surface area (Å²) in [6.45, 7) is 3.64.